The van der Waals surface area contributed by atoms with Crippen LogP contribution < -0.4 is 5.56 Å². The number of rotatable bonds is 6. The van der Waals surface area contributed by atoms with E-state index < -0.39 is 5.56 Å². The zero-order valence-electron chi connectivity index (χ0n) is 11.6. The van der Waals surface area contributed by atoms with Gasteiger partial charge in [0, 0.05) is 11.9 Å². The Kier molecular flexibility index (Phi) is 4.56. The van der Waals surface area contributed by atoms with E-state index in [4.69, 9.17) is 0 Å². The van der Waals surface area contributed by atoms with E-state index in [1.54, 1.807) is 22.8 Å². The lowest BCUT2D eigenvalue weighted by Crippen LogP contribution is -2.24. The van der Waals surface area contributed by atoms with Crippen LogP contribution in [0.3, 0.4) is 0 Å². The number of unbranched alkanes of at least 4 members (excludes halogenated alkanes) is 3. The van der Waals surface area contributed by atoms with E-state index in [0.29, 0.717) is 23.7 Å². The molecule has 0 fully saturated rings. The third-order valence-corrected chi connectivity index (χ3v) is 3.53. The highest BCUT2D eigenvalue weighted by Crippen LogP contribution is 2.25. The van der Waals surface area contributed by atoms with Gasteiger partial charge < -0.3 is 9.67 Å². The number of aromatic nitrogens is 1. The summed E-state index contributed by atoms with van der Waals surface area (Å²) >= 11 is 0. The Hall–Kier alpha value is -2.10. The monoisotopic (exact) mass is 273 g/mol. The Morgan fingerprint density at radius 1 is 1.20 bits per heavy atom. The van der Waals surface area contributed by atoms with Gasteiger partial charge in [-0.2, -0.15) is 0 Å². The SMILES string of the molecule is CCCCCCn1c(=O)c(C=O)c(O)c2ccccc21. The van der Waals surface area contributed by atoms with Gasteiger partial charge in [0.25, 0.3) is 5.56 Å². The quantitative estimate of drug-likeness (QED) is 0.650. The number of carbonyl (C=O) groups is 1. The zero-order chi connectivity index (χ0) is 14.5. The first kappa shape index (κ1) is 14.3. The summed E-state index contributed by atoms with van der Waals surface area (Å²) in [5.41, 5.74) is 0.115. The van der Waals surface area contributed by atoms with Gasteiger partial charge in [-0.25, -0.2) is 0 Å². The predicted octanol–water partition coefficient (Wildman–Crippen LogP) is 3.10. The smallest absolute Gasteiger partial charge is 0.265 e. The van der Waals surface area contributed by atoms with Crippen LogP contribution in [-0.4, -0.2) is 16.0 Å². The second-order valence-corrected chi connectivity index (χ2v) is 4.91. The molecule has 0 saturated carbocycles. The van der Waals surface area contributed by atoms with Crippen molar-refractivity contribution in [2.75, 3.05) is 0 Å². The lowest BCUT2D eigenvalue weighted by Gasteiger charge is -2.12. The molecule has 0 aliphatic heterocycles. The van der Waals surface area contributed by atoms with Crippen molar-refractivity contribution < 1.29 is 9.90 Å². The number of hydrogen-bond acceptors (Lipinski definition) is 3. The van der Waals surface area contributed by atoms with Gasteiger partial charge in [0.15, 0.2) is 6.29 Å². The molecular weight excluding hydrogens is 254 g/mol. The molecule has 0 bridgehead atoms. The molecule has 1 aromatic heterocycles. The van der Waals surface area contributed by atoms with E-state index in [-0.39, 0.29) is 11.3 Å². The number of aryl methyl sites for hydroxylation is 1. The molecule has 1 heterocycles. The Morgan fingerprint density at radius 2 is 1.95 bits per heavy atom. The van der Waals surface area contributed by atoms with Crippen molar-refractivity contribution in [3.05, 3.63) is 40.2 Å². The molecule has 0 spiro atoms. The van der Waals surface area contributed by atoms with Crippen LogP contribution >= 0.6 is 0 Å². The van der Waals surface area contributed by atoms with Crippen molar-refractivity contribution in [1.82, 2.24) is 4.57 Å². The van der Waals surface area contributed by atoms with Crippen molar-refractivity contribution in [1.29, 1.82) is 0 Å². The summed E-state index contributed by atoms with van der Waals surface area (Å²) < 4.78 is 1.59. The van der Waals surface area contributed by atoms with Crippen LogP contribution in [-0.2, 0) is 6.54 Å². The van der Waals surface area contributed by atoms with Gasteiger partial charge in [-0.05, 0) is 18.6 Å². The number of carbonyl (C=O) groups excluding carboxylic acids is 1. The second-order valence-electron chi connectivity index (χ2n) is 4.91. The third-order valence-electron chi connectivity index (χ3n) is 3.53. The van der Waals surface area contributed by atoms with Gasteiger partial charge in [-0.3, -0.25) is 9.59 Å². The first-order valence-electron chi connectivity index (χ1n) is 7.00. The molecule has 2 aromatic rings. The molecule has 106 valence electrons. The topological polar surface area (TPSA) is 59.3 Å². The summed E-state index contributed by atoms with van der Waals surface area (Å²) in [7, 11) is 0. The van der Waals surface area contributed by atoms with E-state index in [9.17, 15) is 14.7 Å². The molecule has 1 aromatic carbocycles. The fourth-order valence-electron chi connectivity index (χ4n) is 2.44. The summed E-state index contributed by atoms with van der Waals surface area (Å²) in [5, 5.41) is 10.6. The van der Waals surface area contributed by atoms with Crippen LogP contribution in [0.4, 0.5) is 0 Å². The molecule has 0 radical (unpaired) electrons. The molecule has 4 heteroatoms. The van der Waals surface area contributed by atoms with Crippen molar-refractivity contribution in [3.63, 3.8) is 0 Å². The van der Waals surface area contributed by atoms with Gasteiger partial charge in [0.2, 0.25) is 0 Å². The Bertz CT molecular complexity index is 673. The average Bonchev–Trinajstić information content (AvgIpc) is 2.47. The highest BCUT2D eigenvalue weighted by Gasteiger charge is 2.14. The number of pyridine rings is 1. The lowest BCUT2D eigenvalue weighted by atomic mass is 10.1. The van der Waals surface area contributed by atoms with Crippen molar-refractivity contribution in [2.24, 2.45) is 0 Å². The van der Waals surface area contributed by atoms with E-state index >= 15 is 0 Å². The number of benzene rings is 1. The van der Waals surface area contributed by atoms with E-state index in [1.807, 2.05) is 6.07 Å². The summed E-state index contributed by atoms with van der Waals surface area (Å²) in [5.74, 6) is -0.217. The highest BCUT2D eigenvalue weighted by atomic mass is 16.3. The van der Waals surface area contributed by atoms with Gasteiger partial charge in [-0.1, -0.05) is 38.3 Å². The van der Waals surface area contributed by atoms with Crippen LogP contribution in [0, 0.1) is 0 Å². The molecule has 4 nitrogen and oxygen atoms in total. The number of aldehydes is 1. The van der Waals surface area contributed by atoms with E-state index in [0.717, 1.165) is 25.7 Å². The minimum Gasteiger partial charge on any atom is -0.506 e. The molecule has 0 aliphatic carbocycles. The first-order chi connectivity index (χ1) is 9.70. The lowest BCUT2D eigenvalue weighted by molar-refractivity contribution is 0.111. The maximum absolute atomic E-state index is 12.3. The number of nitrogens with zero attached hydrogens (tertiary/aromatic N) is 1. The average molecular weight is 273 g/mol. The Balaban J connectivity index is 2.51. The van der Waals surface area contributed by atoms with Crippen molar-refractivity contribution in [2.45, 2.75) is 39.2 Å². The van der Waals surface area contributed by atoms with Crippen LogP contribution in [0.2, 0.25) is 0 Å². The minimum atomic E-state index is -0.410. The fraction of sp³-hybridized carbons (Fsp3) is 0.375. The van der Waals surface area contributed by atoms with Crippen molar-refractivity contribution >= 4 is 17.2 Å². The van der Waals surface area contributed by atoms with Crippen molar-refractivity contribution in [3.8, 4) is 5.75 Å². The van der Waals surface area contributed by atoms with Gasteiger partial charge in [0.1, 0.15) is 11.3 Å². The molecule has 1 N–H and O–H groups in total. The maximum atomic E-state index is 12.3. The van der Waals surface area contributed by atoms with Crippen LogP contribution in [0.1, 0.15) is 43.0 Å². The molecule has 0 atom stereocenters. The third kappa shape index (κ3) is 2.59. The van der Waals surface area contributed by atoms with Gasteiger partial charge in [-0.15, -0.1) is 0 Å². The molecule has 0 amide bonds. The largest absolute Gasteiger partial charge is 0.506 e. The fourth-order valence-corrected chi connectivity index (χ4v) is 2.44. The second kappa shape index (κ2) is 6.37. The van der Waals surface area contributed by atoms with E-state index in [1.165, 1.54) is 0 Å². The predicted molar refractivity (Wildman–Crippen MR) is 79.4 cm³/mol. The molecule has 0 saturated heterocycles. The molecule has 2 rings (SSSR count). The molecule has 0 unspecified atom stereocenters. The summed E-state index contributed by atoms with van der Waals surface area (Å²) in [4.78, 5) is 23.3. The molecule has 20 heavy (non-hydrogen) atoms. The van der Waals surface area contributed by atoms with Crippen LogP contribution in [0.25, 0.3) is 10.9 Å². The first-order valence-corrected chi connectivity index (χ1v) is 7.00. The normalized spacial score (nSPS) is 10.8. The highest BCUT2D eigenvalue weighted by molar-refractivity contribution is 5.93. The van der Waals surface area contributed by atoms with E-state index in [2.05, 4.69) is 6.92 Å². The summed E-state index contributed by atoms with van der Waals surface area (Å²) in [6, 6.07) is 7.12. The molecular formula is C16H19NO3. The van der Waals surface area contributed by atoms with Gasteiger partial charge >= 0.3 is 0 Å². The number of para-hydroxylation sites is 1. The summed E-state index contributed by atoms with van der Waals surface area (Å²) in [6.07, 6.45) is 4.64. The summed E-state index contributed by atoms with van der Waals surface area (Å²) in [6.45, 7) is 2.70. The van der Waals surface area contributed by atoms with Crippen LogP contribution in [0.5, 0.6) is 5.75 Å². The maximum Gasteiger partial charge on any atom is 0.265 e. The minimum absolute atomic E-state index is 0.154. The standard InChI is InChI=1S/C16H19NO3/c1-2-3-4-7-10-17-14-9-6-5-8-12(14)15(19)13(11-18)16(17)20/h5-6,8-9,11,19H,2-4,7,10H2,1H3. The Labute approximate surface area is 117 Å². The zero-order valence-corrected chi connectivity index (χ0v) is 11.6. The molecule has 0 aliphatic rings. The Morgan fingerprint density at radius 3 is 2.65 bits per heavy atom. The van der Waals surface area contributed by atoms with Gasteiger partial charge in [0.05, 0.1) is 5.52 Å². The number of hydrogen-bond donors (Lipinski definition) is 1. The number of aromatic hydroxyl groups is 1. The number of fused-ring (bicyclic) bond motifs is 1. The van der Waals surface area contributed by atoms with Crippen LogP contribution in [0.15, 0.2) is 29.1 Å².